The molecule has 2 aromatic rings. The first kappa shape index (κ1) is 19.9. The fourth-order valence-corrected chi connectivity index (χ4v) is 4.42. The number of benzene rings is 1. The summed E-state index contributed by atoms with van der Waals surface area (Å²) < 4.78 is 7.14. The van der Waals surface area contributed by atoms with Gasteiger partial charge in [-0.2, -0.15) is 0 Å². The number of hydrogen-bond acceptors (Lipinski definition) is 2. The van der Waals surface area contributed by atoms with Crippen LogP contribution in [-0.4, -0.2) is 19.9 Å². The van der Waals surface area contributed by atoms with E-state index in [9.17, 15) is 0 Å². The number of nitrogens with zero attached hydrogens (tertiary/aromatic N) is 1. The molecule has 1 atom stereocenters. The Bertz CT molecular complexity index is 727. The monoisotopic (exact) mass is 427 g/mol. The molecule has 24 heavy (non-hydrogen) atoms. The van der Waals surface area contributed by atoms with Crippen LogP contribution in [0.2, 0.25) is 23.3 Å². The van der Waals surface area contributed by atoms with Gasteiger partial charge in [-0.25, -0.2) is 4.98 Å². The highest BCUT2D eigenvalue weighted by Gasteiger charge is 2.36. The van der Waals surface area contributed by atoms with E-state index in [-0.39, 0.29) is 5.04 Å². The predicted octanol–water partition coefficient (Wildman–Crippen LogP) is 7.17. The summed E-state index contributed by atoms with van der Waals surface area (Å²) >= 11 is 9.67. The lowest BCUT2D eigenvalue weighted by molar-refractivity contribution is 0.274. The van der Waals surface area contributed by atoms with E-state index in [1.165, 1.54) is 10.9 Å². The summed E-state index contributed by atoms with van der Waals surface area (Å²) in [6, 6.07) is 8.30. The lowest BCUT2D eigenvalue weighted by Crippen LogP contribution is -2.41. The zero-order valence-electron chi connectivity index (χ0n) is 15.4. The van der Waals surface area contributed by atoms with Crippen molar-refractivity contribution in [2.75, 3.05) is 6.61 Å². The molecule has 2 rings (SSSR count). The van der Waals surface area contributed by atoms with E-state index >= 15 is 0 Å². The van der Waals surface area contributed by atoms with Gasteiger partial charge in [0.15, 0.2) is 8.32 Å². The van der Waals surface area contributed by atoms with Crippen LogP contribution in [0.3, 0.4) is 0 Å². The maximum Gasteiger partial charge on any atom is 0.191 e. The normalized spacial score (nSPS) is 14.2. The quantitative estimate of drug-likeness (QED) is 0.372. The first-order valence-corrected chi connectivity index (χ1v) is 12.5. The maximum absolute atomic E-state index is 6.34. The second kappa shape index (κ2) is 7.44. The van der Waals surface area contributed by atoms with E-state index in [1.807, 2.05) is 6.07 Å². The molecule has 0 aliphatic carbocycles. The zero-order valence-corrected chi connectivity index (χ0v) is 18.8. The minimum atomic E-state index is -1.68. The second-order valence-corrected chi connectivity index (χ2v) is 13.9. The number of hydrogen-bond donors (Lipinski definition) is 0. The summed E-state index contributed by atoms with van der Waals surface area (Å²) in [4.78, 5) is 4.29. The predicted molar refractivity (Wildman–Crippen MR) is 111 cm³/mol. The summed E-state index contributed by atoms with van der Waals surface area (Å²) in [7, 11) is -1.68. The molecule has 0 amide bonds. The topological polar surface area (TPSA) is 22.1 Å². The largest absolute Gasteiger partial charge is 0.417 e. The third-order valence-corrected chi connectivity index (χ3v) is 10.5. The molecule has 132 valence electrons. The van der Waals surface area contributed by atoms with Gasteiger partial charge < -0.3 is 4.43 Å². The molecule has 1 aromatic carbocycles. The van der Waals surface area contributed by atoms with Crippen molar-refractivity contribution in [2.45, 2.75) is 58.2 Å². The Labute approximate surface area is 160 Å². The molecule has 2 nitrogen and oxygen atoms in total. The maximum atomic E-state index is 6.34. The zero-order chi connectivity index (χ0) is 18.1. The van der Waals surface area contributed by atoms with Crippen LogP contribution >= 0.6 is 27.5 Å². The van der Waals surface area contributed by atoms with Gasteiger partial charge in [0.2, 0.25) is 0 Å². The van der Waals surface area contributed by atoms with Crippen LogP contribution < -0.4 is 0 Å². The summed E-state index contributed by atoms with van der Waals surface area (Å²) in [5.41, 5.74) is 1.30. The van der Waals surface area contributed by atoms with Crippen molar-refractivity contribution < 1.29 is 4.43 Å². The molecule has 1 heterocycles. The minimum Gasteiger partial charge on any atom is -0.417 e. The van der Waals surface area contributed by atoms with E-state index in [0.29, 0.717) is 11.1 Å². The van der Waals surface area contributed by atoms with Crippen LogP contribution in [0.4, 0.5) is 0 Å². The van der Waals surface area contributed by atoms with E-state index in [2.05, 4.69) is 79.9 Å². The summed E-state index contributed by atoms with van der Waals surface area (Å²) in [6.07, 6.45) is 1.00. The molecule has 0 N–H and O–H groups in total. The van der Waals surface area contributed by atoms with Gasteiger partial charge in [-0.05, 0) is 63.4 Å². The van der Waals surface area contributed by atoms with Crippen LogP contribution in [0, 0.1) is 0 Å². The van der Waals surface area contributed by atoms with Gasteiger partial charge in [0, 0.05) is 12.0 Å². The molecule has 0 saturated heterocycles. The summed E-state index contributed by atoms with van der Waals surface area (Å²) in [5, 5.41) is 3.05. The molecular formula is C19H27BrClNOSi. The van der Waals surface area contributed by atoms with Gasteiger partial charge in [0.25, 0.3) is 0 Å². The van der Waals surface area contributed by atoms with Crippen molar-refractivity contribution in [2.24, 2.45) is 0 Å². The van der Waals surface area contributed by atoms with Crippen molar-refractivity contribution in [1.29, 1.82) is 0 Å². The summed E-state index contributed by atoms with van der Waals surface area (Å²) in [6.45, 7) is 14.5. The standard InChI is InChI=1S/C19H27BrClNOSi/c1-13(10-11-23-24(5,6)19(2,3)4)14-8-7-9-15-16(14)12-17(21)22-18(15)20/h7-9,12-13H,10-11H2,1-6H3. The Kier molecular flexibility index (Phi) is 6.17. The first-order valence-electron chi connectivity index (χ1n) is 8.41. The molecule has 0 aliphatic rings. The number of rotatable bonds is 5. The third-order valence-electron chi connectivity index (χ3n) is 5.18. The molecule has 0 saturated carbocycles. The van der Waals surface area contributed by atoms with E-state index < -0.39 is 8.32 Å². The second-order valence-electron chi connectivity index (χ2n) is 7.98. The molecule has 0 radical (unpaired) electrons. The van der Waals surface area contributed by atoms with E-state index in [0.717, 1.165) is 23.0 Å². The number of fused-ring (bicyclic) bond motifs is 1. The lowest BCUT2D eigenvalue weighted by Gasteiger charge is -2.36. The van der Waals surface area contributed by atoms with E-state index in [1.54, 1.807) is 0 Å². The molecule has 0 bridgehead atoms. The Balaban J connectivity index is 2.16. The SMILES string of the molecule is CC(CCO[Si](C)(C)C(C)(C)C)c1cccc2c(Br)nc(Cl)cc12. The van der Waals surface area contributed by atoms with Crippen molar-refractivity contribution in [1.82, 2.24) is 4.98 Å². The molecule has 5 heteroatoms. The Morgan fingerprint density at radius 2 is 1.92 bits per heavy atom. The van der Waals surface area contributed by atoms with Crippen molar-refractivity contribution in [3.8, 4) is 0 Å². The first-order chi connectivity index (χ1) is 11.0. The smallest absolute Gasteiger partial charge is 0.191 e. The molecule has 0 aliphatic heterocycles. The average Bonchev–Trinajstić information content (AvgIpc) is 2.45. The van der Waals surface area contributed by atoms with E-state index in [4.69, 9.17) is 16.0 Å². The van der Waals surface area contributed by atoms with Gasteiger partial charge in [-0.1, -0.05) is 57.5 Å². The molecular weight excluding hydrogens is 402 g/mol. The van der Waals surface area contributed by atoms with Crippen LogP contribution in [0.5, 0.6) is 0 Å². The third kappa shape index (κ3) is 4.40. The average molecular weight is 429 g/mol. The van der Waals surface area contributed by atoms with Crippen LogP contribution in [0.1, 0.15) is 45.6 Å². The highest BCUT2D eigenvalue weighted by Crippen LogP contribution is 2.37. The Morgan fingerprint density at radius 3 is 2.54 bits per heavy atom. The lowest BCUT2D eigenvalue weighted by atomic mass is 9.93. The highest BCUT2D eigenvalue weighted by atomic mass is 79.9. The van der Waals surface area contributed by atoms with Crippen molar-refractivity contribution >= 4 is 46.6 Å². The number of pyridine rings is 1. The number of halogens is 2. The van der Waals surface area contributed by atoms with Crippen LogP contribution in [-0.2, 0) is 4.43 Å². The van der Waals surface area contributed by atoms with Crippen LogP contribution in [0.25, 0.3) is 10.8 Å². The van der Waals surface area contributed by atoms with Crippen LogP contribution in [0.15, 0.2) is 28.9 Å². The highest BCUT2D eigenvalue weighted by molar-refractivity contribution is 9.10. The van der Waals surface area contributed by atoms with Gasteiger partial charge in [0.05, 0.1) is 0 Å². The minimum absolute atomic E-state index is 0.250. The summed E-state index contributed by atoms with van der Waals surface area (Å²) in [5.74, 6) is 0.406. The molecule has 1 unspecified atom stereocenters. The van der Waals surface area contributed by atoms with Crippen molar-refractivity contribution in [3.63, 3.8) is 0 Å². The van der Waals surface area contributed by atoms with Crippen molar-refractivity contribution in [3.05, 3.63) is 39.6 Å². The molecule has 0 spiro atoms. The fraction of sp³-hybridized carbons (Fsp3) is 0.526. The van der Waals surface area contributed by atoms with Gasteiger partial charge in [-0.3, -0.25) is 0 Å². The Morgan fingerprint density at radius 1 is 1.25 bits per heavy atom. The fourth-order valence-electron chi connectivity index (χ4n) is 2.52. The molecule has 1 aromatic heterocycles. The van der Waals surface area contributed by atoms with Gasteiger partial charge in [-0.15, -0.1) is 0 Å². The van der Waals surface area contributed by atoms with Gasteiger partial charge in [0.1, 0.15) is 9.76 Å². The van der Waals surface area contributed by atoms with Gasteiger partial charge >= 0.3 is 0 Å². The Hall–Kier alpha value is -0.423. The molecule has 0 fully saturated rings. The number of aromatic nitrogens is 1.